The minimum Gasteiger partial charge on any atom is -0.481 e. The Labute approximate surface area is 125 Å². The summed E-state index contributed by atoms with van der Waals surface area (Å²) in [5, 5.41) is 11.7. The van der Waals surface area contributed by atoms with Gasteiger partial charge in [-0.05, 0) is 19.1 Å². The van der Waals surface area contributed by atoms with Gasteiger partial charge in [0.05, 0.1) is 32.1 Å². The van der Waals surface area contributed by atoms with Gasteiger partial charge in [-0.25, -0.2) is 14.6 Å². The van der Waals surface area contributed by atoms with E-state index in [0.29, 0.717) is 18.4 Å². The SMILES string of the molecule is Cc1ccc2nc(SCC(=O)O)n(N3CCOCC3)c2n1. The van der Waals surface area contributed by atoms with Gasteiger partial charge in [0.25, 0.3) is 0 Å². The quantitative estimate of drug-likeness (QED) is 0.840. The fraction of sp³-hybridized carbons (Fsp3) is 0.462. The van der Waals surface area contributed by atoms with Crippen molar-refractivity contribution in [3.05, 3.63) is 17.8 Å². The fourth-order valence-corrected chi connectivity index (χ4v) is 2.99. The molecule has 2 aromatic rings. The average molecular weight is 308 g/mol. The van der Waals surface area contributed by atoms with E-state index in [4.69, 9.17) is 9.84 Å². The predicted octanol–water partition coefficient (Wildman–Crippen LogP) is 0.885. The molecule has 0 atom stereocenters. The highest BCUT2D eigenvalue weighted by molar-refractivity contribution is 7.99. The molecule has 1 N–H and O–H groups in total. The number of ether oxygens (including phenoxy) is 1. The van der Waals surface area contributed by atoms with Crippen molar-refractivity contribution in [3.63, 3.8) is 0 Å². The first-order valence-electron chi connectivity index (χ1n) is 6.69. The minimum atomic E-state index is -0.857. The number of hydrogen-bond donors (Lipinski definition) is 1. The maximum atomic E-state index is 10.8. The predicted molar refractivity (Wildman–Crippen MR) is 79.4 cm³/mol. The average Bonchev–Trinajstić information content (AvgIpc) is 2.83. The van der Waals surface area contributed by atoms with E-state index in [1.165, 1.54) is 11.8 Å². The molecule has 0 spiro atoms. The number of carbonyl (C=O) groups is 1. The number of aliphatic carboxylic acids is 1. The topological polar surface area (TPSA) is 80.5 Å². The van der Waals surface area contributed by atoms with E-state index in [0.717, 1.165) is 29.9 Å². The lowest BCUT2D eigenvalue weighted by Crippen LogP contribution is -2.44. The van der Waals surface area contributed by atoms with Crippen LogP contribution in [-0.2, 0) is 9.53 Å². The Morgan fingerprint density at radius 2 is 2.14 bits per heavy atom. The number of imidazole rings is 1. The minimum absolute atomic E-state index is 0.0212. The third-order valence-corrected chi connectivity index (χ3v) is 4.10. The Bertz CT molecular complexity index is 667. The highest BCUT2D eigenvalue weighted by Crippen LogP contribution is 2.24. The van der Waals surface area contributed by atoms with E-state index in [-0.39, 0.29) is 5.75 Å². The van der Waals surface area contributed by atoms with Crippen molar-refractivity contribution in [1.82, 2.24) is 14.6 Å². The fourth-order valence-electron chi connectivity index (χ4n) is 2.25. The van der Waals surface area contributed by atoms with Crippen LogP contribution in [0.3, 0.4) is 0 Å². The molecule has 2 aromatic heterocycles. The Hall–Kier alpha value is -1.80. The van der Waals surface area contributed by atoms with E-state index >= 15 is 0 Å². The van der Waals surface area contributed by atoms with Crippen LogP contribution in [0.1, 0.15) is 5.69 Å². The summed E-state index contributed by atoms with van der Waals surface area (Å²) in [6.07, 6.45) is 0. The summed E-state index contributed by atoms with van der Waals surface area (Å²) in [6.45, 7) is 4.70. The van der Waals surface area contributed by atoms with Crippen molar-refractivity contribution in [2.24, 2.45) is 0 Å². The van der Waals surface area contributed by atoms with Gasteiger partial charge in [-0.1, -0.05) is 11.8 Å². The van der Waals surface area contributed by atoms with Crippen LogP contribution in [0.4, 0.5) is 0 Å². The number of aromatic nitrogens is 3. The van der Waals surface area contributed by atoms with Crippen LogP contribution in [-0.4, -0.2) is 57.8 Å². The van der Waals surface area contributed by atoms with Gasteiger partial charge in [-0.3, -0.25) is 4.79 Å². The van der Waals surface area contributed by atoms with Crippen LogP contribution in [0, 0.1) is 6.92 Å². The first-order valence-corrected chi connectivity index (χ1v) is 7.67. The molecule has 21 heavy (non-hydrogen) atoms. The molecule has 112 valence electrons. The number of pyridine rings is 1. The maximum Gasteiger partial charge on any atom is 0.313 e. The lowest BCUT2D eigenvalue weighted by molar-refractivity contribution is -0.133. The van der Waals surface area contributed by atoms with Crippen molar-refractivity contribution < 1.29 is 14.6 Å². The highest BCUT2D eigenvalue weighted by Gasteiger charge is 2.20. The van der Waals surface area contributed by atoms with Crippen molar-refractivity contribution in [3.8, 4) is 0 Å². The van der Waals surface area contributed by atoms with E-state index in [2.05, 4.69) is 15.0 Å². The van der Waals surface area contributed by atoms with Crippen LogP contribution in [0.25, 0.3) is 11.2 Å². The second kappa shape index (κ2) is 5.90. The molecule has 0 saturated carbocycles. The number of fused-ring (bicyclic) bond motifs is 1. The molecule has 3 rings (SSSR count). The lowest BCUT2D eigenvalue weighted by atomic mass is 10.3. The van der Waals surface area contributed by atoms with E-state index < -0.39 is 5.97 Å². The molecule has 3 heterocycles. The Morgan fingerprint density at radius 1 is 1.38 bits per heavy atom. The standard InChI is InChI=1S/C13H16N4O3S/c1-9-2-3-10-12(14-9)17(16-4-6-20-7-5-16)13(15-10)21-8-11(18)19/h2-3H,4-8H2,1H3,(H,18,19). The Morgan fingerprint density at radius 3 is 2.86 bits per heavy atom. The van der Waals surface area contributed by atoms with Gasteiger partial charge in [0.15, 0.2) is 10.8 Å². The van der Waals surface area contributed by atoms with E-state index in [1.54, 1.807) is 0 Å². The number of hydrogen-bond acceptors (Lipinski definition) is 6. The number of rotatable bonds is 4. The van der Waals surface area contributed by atoms with E-state index in [9.17, 15) is 4.79 Å². The zero-order valence-corrected chi connectivity index (χ0v) is 12.5. The summed E-state index contributed by atoms with van der Waals surface area (Å²) in [5.74, 6) is -0.878. The van der Waals surface area contributed by atoms with Crippen molar-refractivity contribution >= 4 is 28.9 Å². The maximum absolute atomic E-state index is 10.8. The summed E-state index contributed by atoms with van der Waals surface area (Å²) >= 11 is 1.21. The molecule has 1 fully saturated rings. The van der Waals surface area contributed by atoms with Gasteiger partial charge in [-0.2, -0.15) is 0 Å². The molecule has 0 bridgehead atoms. The molecular weight excluding hydrogens is 292 g/mol. The van der Waals surface area contributed by atoms with Gasteiger partial charge < -0.3 is 14.9 Å². The summed E-state index contributed by atoms with van der Waals surface area (Å²) in [5.41, 5.74) is 2.46. The molecule has 1 aliphatic heterocycles. The summed E-state index contributed by atoms with van der Waals surface area (Å²) in [7, 11) is 0. The van der Waals surface area contributed by atoms with E-state index in [1.807, 2.05) is 23.7 Å². The molecule has 0 unspecified atom stereocenters. The zero-order valence-electron chi connectivity index (χ0n) is 11.7. The van der Waals surface area contributed by atoms with Crippen molar-refractivity contribution in [1.29, 1.82) is 0 Å². The zero-order chi connectivity index (χ0) is 14.8. The van der Waals surface area contributed by atoms with Gasteiger partial charge in [0.2, 0.25) is 0 Å². The van der Waals surface area contributed by atoms with Crippen LogP contribution < -0.4 is 5.01 Å². The van der Waals surface area contributed by atoms with Crippen LogP contribution >= 0.6 is 11.8 Å². The number of carboxylic acids is 1. The van der Waals surface area contributed by atoms with Gasteiger partial charge in [0, 0.05) is 5.69 Å². The molecule has 8 heteroatoms. The lowest BCUT2D eigenvalue weighted by Gasteiger charge is -2.30. The first kappa shape index (κ1) is 14.2. The largest absolute Gasteiger partial charge is 0.481 e. The molecule has 0 radical (unpaired) electrons. The van der Waals surface area contributed by atoms with Crippen LogP contribution in [0.5, 0.6) is 0 Å². The molecule has 0 aromatic carbocycles. The molecule has 0 aliphatic carbocycles. The summed E-state index contributed by atoms with van der Waals surface area (Å²) in [4.78, 5) is 19.9. The molecular formula is C13H16N4O3S. The monoisotopic (exact) mass is 308 g/mol. The normalized spacial score (nSPS) is 15.6. The van der Waals surface area contributed by atoms with Gasteiger partial charge in [-0.15, -0.1) is 0 Å². The van der Waals surface area contributed by atoms with Crippen LogP contribution in [0.2, 0.25) is 0 Å². The second-order valence-electron chi connectivity index (χ2n) is 4.75. The number of morpholine rings is 1. The van der Waals surface area contributed by atoms with Crippen molar-refractivity contribution in [2.75, 3.05) is 37.1 Å². The van der Waals surface area contributed by atoms with Crippen LogP contribution in [0.15, 0.2) is 17.3 Å². The molecule has 1 saturated heterocycles. The summed E-state index contributed by atoms with van der Waals surface area (Å²) in [6, 6.07) is 3.82. The number of thioether (sulfide) groups is 1. The Balaban J connectivity index is 2.04. The smallest absolute Gasteiger partial charge is 0.313 e. The van der Waals surface area contributed by atoms with Gasteiger partial charge >= 0.3 is 5.97 Å². The van der Waals surface area contributed by atoms with Crippen molar-refractivity contribution in [2.45, 2.75) is 12.1 Å². The molecule has 0 amide bonds. The molecule has 7 nitrogen and oxygen atoms in total. The third kappa shape index (κ3) is 2.96. The second-order valence-corrected chi connectivity index (χ2v) is 5.69. The Kier molecular flexibility index (Phi) is 3.98. The molecule has 1 aliphatic rings. The number of aryl methyl sites for hydroxylation is 1. The number of carboxylic acid groups (broad SMARTS) is 1. The highest BCUT2D eigenvalue weighted by atomic mass is 32.2. The first-order chi connectivity index (χ1) is 10.1. The number of nitrogens with zero attached hydrogens (tertiary/aromatic N) is 4. The van der Waals surface area contributed by atoms with Gasteiger partial charge in [0.1, 0.15) is 5.52 Å². The summed E-state index contributed by atoms with van der Waals surface area (Å²) < 4.78 is 7.30. The third-order valence-electron chi connectivity index (χ3n) is 3.19.